The van der Waals surface area contributed by atoms with E-state index in [4.69, 9.17) is 11.1 Å². The number of hydrogen-bond donors (Lipinski definition) is 0. The van der Waals surface area contributed by atoms with Crippen molar-refractivity contribution in [3.05, 3.63) is 65.3 Å². The Hall–Kier alpha value is -0.110. The van der Waals surface area contributed by atoms with E-state index in [0.29, 0.717) is 3.63 Å². The number of rotatable bonds is 1. The zero-order chi connectivity index (χ0) is 15.1. The van der Waals surface area contributed by atoms with Crippen molar-refractivity contribution < 1.29 is 49.5 Å². The van der Waals surface area contributed by atoms with Crippen LogP contribution in [0.4, 0.5) is 0 Å². The van der Waals surface area contributed by atoms with Gasteiger partial charge in [-0.05, 0) is 0 Å². The number of allylic oxidation sites excluding steroid dienone is 4. The van der Waals surface area contributed by atoms with E-state index in [1.54, 1.807) is 35.5 Å². The third kappa shape index (κ3) is 2.34. The first-order valence-corrected chi connectivity index (χ1v) is 12.6. The van der Waals surface area contributed by atoms with Crippen LogP contribution in [-0.4, -0.2) is 7.38 Å². The van der Waals surface area contributed by atoms with Crippen molar-refractivity contribution in [1.82, 2.24) is 0 Å². The van der Waals surface area contributed by atoms with Crippen molar-refractivity contribution in [2.75, 3.05) is 0 Å². The SMILES string of the molecule is C[Si]1(Cl)c2c(C3=CC=CC3)cc3c(c21)[CH]([Zr+2])c1ccccc1-3.[Cl-].[Cl-]. The largest absolute Gasteiger partial charge is 1.00 e. The topological polar surface area (TPSA) is 0 Å². The summed E-state index contributed by atoms with van der Waals surface area (Å²) in [4.78, 5) is 0. The first-order chi connectivity index (χ1) is 10.6. The van der Waals surface area contributed by atoms with Crippen LogP contribution in [-0.2, 0) is 24.7 Å². The van der Waals surface area contributed by atoms with Gasteiger partial charge in [-0.3, -0.25) is 0 Å². The average Bonchev–Trinajstić information content (AvgIpc) is 2.93. The van der Waals surface area contributed by atoms with E-state index in [-0.39, 0.29) is 24.8 Å². The van der Waals surface area contributed by atoms with Gasteiger partial charge in [-0.2, -0.15) is 0 Å². The van der Waals surface area contributed by atoms with Crippen LogP contribution >= 0.6 is 11.1 Å². The summed E-state index contributed by atoms with van der Waals surface area (Å²) in [5.41, 5.74) is 8.83. The summed E-state index contributed by atoms with van der Waals surface area (Å²) >= 11 is 8.59. The van der Waals surface area contributed by atoms with Gasteiger partial charge in [0, 0.05) is 0 Å². The van der Waals surface area contributed by atoms with Gasteiger partial charge in [0.1, 0.15) is 0 Å². The maximum atomic E-state index is 7.01. The number of hydrogen-bond acceptors (Lipinski definition) is 0. The molecule has 2 aromatic carbocycles. The Balaban J connectivity index is 0.000000845. The molecule has 0 saturated heterocycles. The van der Waals surface area contributed by atoms with Crippen molar-refractivity contribution >= 4 is 34.4 Å². The molecule has 0 fully saturated rings. The number of fused-ring (bicyclic) bond motifs is 5. The summed E-state index contributed by atoms with van der Waals surface area (Å²) in [5.74, 6) is 0. The molecule has 1 aliphatic heterocycles. The van der Waals surface area contributed by atoms with Crippen LogP contribution in [0, 0.1) is 0 Å². The van der Waals surface area contributed by atoms with E-state index >= 15 is 0 Å². The Morgan fingerprint density at radius 3 is 2.54 bits per heavy atom. The Bertz CT molecular complexity index is 915. The Kier molecular flexibility index (Phi) is 4.86. The van der Waals surface area contributed by atoms with Gasteiger partial charge in [-0.15, -0.1) is 0 Å². The Morgan fingerprint density at radius 2 is 1.83 bits per heavy atom. The molecule has 5 rings (SSSR count). The summed E-state index contributed by atoms with van der Waals surface area (Å²) in [5, 5.41) is 3.07. The molecule has 1 heterocycles. The first kappa shape index (κ1) is 18.7. The van der Waals surface area contributed by atoms with Gasteiger partial charge >= 0.3 is 152 Å². The number of halogens is 3. The maximum absolute atomic E-state index is 7.01. The second-order valence-corrected chi connectivity index (χ2v) is 13.2. The van der Waals surface area contributed by atoms with Crippen LogP contribution < -0.4 is 35.2 Å². The average molecular weight is 468 g/mol. The molecule has 119 valence electrons. The van der Waals surface area contributed by atoms with Crippen molar-refractivity contribution in [2.45, 2.75) is 16.6 Å². The molecule has 2 unspecified atom stereocenters. The zero-order valence-corrected chi connectivity index (χ0v) is 18.8. The number of benzene rings is 2. The van der Waals surface area contributed by atoms with Gasteiger partial charge in [0.15, 0.2) is 0 Å². The standard InChI is InChI=1S/C19H14ClSi.2ClH.Zr/c1-21(20)18-15(12-6-2-3-7-12)11-16-14-9-5-4-8-13(14)10-17(16)19(18)21;;;/h2-6,8-11H,7H2,1H3;2*1H;/q;;;+2/p-2. The molecule has 0 radical (unpaired) electrons. The Labute approximate surface area is 175 Å². The second kappa shape index (κ2) is 6.25. The van der Waals surface area contributed by atoms with E-state index in [1.807, 2.05) is 0 Å². The minimum atomic E-state index is -1.83. The summed E-state index contributed by atoms with van der Waals surface area (Å²) in [6.07, 6.45) is 7.73. The van der Waals surface area contributed by atoms with Gasteiger partial charge in [0.2, 0.25) is 0 Å². The summed E-state index contributed by atoms with van der Waals surface area (Å²) in [6, 6.07) is 11.4. The summed E-state index contributed by atoms with van der Waals surface area (Å²) < 4.78 is 0.574. The molecule has 2 atom stereocenters. The molecule has 0 amide bonds. The van der Waals surface area contributed by atoms with E-state index in [9.17, 15) is 0 Å². The van der Waals surface area contributed by atoms with E-state index in [2.05, 4.69) is 55.1 Å². The van der Waals surface area contributed by atoms with Gasteiger partial charge in [0.05, 0.1) is 0 Å². The molecule has 24 heavy (non-hydrogen) atoms. The Morgan fingerprint density at radius 1 is 1.08 bits per heavy atom. The summed E-state index contributed by atoms with van der Waals surface area (Å²) in [7, 11) is -1.83. The smallest absolute Gasteiger partial charge is 1.00 e. The van der Waals surface area contributed by atoms with Crippen molar-refractivity contribution in [1.29, 1.82) is 0 Å². The first-order valence-electron chi connectivity index (χ1n) is 7.68. The fourth-order valence-corrected chi connectivity index (χ4v) is 10.2. The minimum Gasteiger partial charge on any atom is -1.00 e. The van der Waals surface area contributed by atoms with Crippen LogP contribution in [0.5, 0.6) is 0 Å². The normalized spacial score (nSPS) is 24.3. The van der Waals surface area contributed by atoms with Gasteiger partial charge in [-0.1, -0.05) is 0 Å². The second-order valence-electron chi connectivity index (χ2n) is 6.48. The van der Waals surface area contributed by atoms with Crippen LogP contribution in [0.3, 0.4) is 0 Å². The van der Waals surface area contributed by atoms with Crippen LogP contribution in [0.1, 0.15) is 26.7 Å². The molecular formula is C19H14Cl3SiZr. The van der Waals surface area contributed by atoms with E-state index in [1.165, 1.54) is 33.0 Å². The maximum Gasteiger partial charge on any atom is -1.00 e. The van der Waals surface area contributed by atoms with Crippen molar-refractivity contribution in [3.8, 4) is 11.1 Å². The monoisotopic (exact) mass is 465 g/mol. The molecule has 3 aliphatic rings. The van der Waals surface area contributed by atoms with Crippen LogP contribution in [0.25, 0.3) is 16.7 Å². The molecule has 2 aliphatic carbocycles. The van der Waals surface area contributed by atoms with Gasteiger partial charge in [-0.25, -0.2) is 0 Å². The van der Waals surface area contributed by atoms with E-state index < -0.39 is 7.38 Å². The molecule has 0 spiro atoms. The molecule has 0 nitrogen and oxygen atoms in total. The predicted molar refractivity (Wildman–Crippen MR) is 92.2 cm³/mol. The quantitative estimate of drug-likeness (QED) is 0.333. The molecule has 0 N–H and O–H groups in total. The van der Waals surface area contributed by atoms with Crippen LogP contribution in [0.15, 0.2) is 48.6 Å². The fourth-order valence-electron chi connectivity index (χ4n) is 4.13. The zero-order valence-electron chi connectivity index (χ0n) is 13.0. The molecule has 0 aromatic heterocycles. The van der Waals surface area contributed by atoms with Gasteiger partial charge < -0.3 is 24.8 Å². The molecule has 0 saturated carbocycles. The summed E-state index contributed by atoms with van der Waals surface area (Å²) in [6.45, 7) is 2.30. The van der Waals surface area contributed by atoms with Crippen molar-refractivity contribution in [2.24, 2.45) is 0 Å². The van der Waals surface area contributed by atoms with Gasteiger partial charge in [0.25, 0.3) is 0 Å². The molecular weight excluding hydrogens is 454 g/mol. The molecule has 0 bridgehead atoms. The molecule has 2 aromatic rings. The third-order valence-corrected chi connectivity index (χ3v) is 10.5. The van der Waals surface area contributed by atoms with Crippen LogP contribution in [0.2, 0.25) is 6.55 Å². The fraction of sp³-hybridized carbons (Fsp3) is 0.158. The van der Waals surface area contributed by atoms with Crippen molar-refractivity contribution in [3.63, 3.8) is 0 Å². The van der Waals surface area contributed by atoms with E-state index in [0.717, 1.165) is 6.42 Å². The third-order valence-electron chi connectivity index (χ3n) is 5.21. The predicted octanol–water partition coefficient (Wildman–Crippen LogP) is -2.10. The minimum absolute atomic E-state index is 0. The molecule has 5 heteroatoms.